The molecule has 1 aliphatic rings. The van der Waals surface area contributed by atoms with Gasteiger partial charge in [-0.15, -0.1) is 10.2 Å². The van der Waals surface area contributed by atoms with Gasteiger partial charge >= 0.3 is 0 Å². The number of nitrogens with one attached hydrogen (secondary N) is 2. The largest absolute Gasteiger partial charge is 0.392 e. The van der Waals surface area contributed by atoms with Crippen molar-refractivity contribution < 1.29 is 9.90 Å². The topological polar surface area (TPSA) is 104 Å². The van der Waals surface area contributed by atoms with Crippen LogP contribution in [-0.4, -0.2) is 43.8 Å². The number of tetrazole rings is 1. The maximum absolute atomic E-state index is 11.5. The van der Waals surface area contributed by atoms with E-state index < -0.39 is 0 Å². The summed E-state index contributed by atoms with van der Waals surface area (Å²) in [5.74, 6) is -0.346. The standard InChI is InChI=1S/C8H13N5O2/c1-8(2)4(3-5(8)14)9-7(15)6-10-12-13-11-6/h4-5,14H,3H2,1-2H3,(H,9,15)(H,10,11,12,13). The summed E-state index contributed by atoms with van der Waals surface area (Å²) in [7, 11) is 0. The van der Waals surface area contributed by atoms with E-state index in [1.54, 1.807) is 0 Å². The van der Waals surface area contributed by atoms with Crippen molar-refractivity contribution in [2.45, 2.75) is 32.4 Å². The fraction of sp³-hybridized carbons (Fsp3) is 0.750. The normalized spacial score (nSPS) is 28.2. The first-order chi connectivity index (χ1) is 7.01. The highest BCUT2D eigenvalue weighted by atomic mass is 16.3. The summed E-state index contributed by atoms with van der Waals surface area (Å²) in [5, 5.41) is 24.9. The first kappa shape index (κ1) is 10.0. The average molecular weight is 211 g/mol. The zero-order valence-corrected chi connectivity index (χ0v) is 8.56. The van der Waals surface area contributed by atoms with E-state index in [2.05, 4.69) is 25.9 Å². The second kappa shape index (κ2) is 3.27. The molecule has 1 aromatic heterocycles. The molecular formula is C8H13N5O2. The van der Waals surface area contributed by atoms with Gasteiger partial charge < -0.3 is 10.4 Å². The van der Waals surface area contributed by atoms with E-state index in [4.69, 9.17) is 0 Å². The van der Waals surface area contributed by atoms with Gasteiger partial charge in [0.1, 0.15) is 0 Å². The minimum Gasteiger partial charge on any atom is -0.392 e. The van der Waals surface area contributed by atoms with Crippen LogP contribution in [0.15, 0.2) is 0 Å². The third-order valence-corrected chi connectivity index (χ3v) is 3.07. The van der Waals surface area contributed by atoms with Gasteiger partial charge in [0, 0.05) is 11.5 Å². The lowest BCUT2D eigenvalue weighted by molar-refractivity contribution is -0.0690. The minimum atomic E-state index is -0.368. The Bertz CT molecular complexity index is 361. The zero-order chi connectivity index (χ0) is 11.1. The van der Waals surface area contributed by atoms with E-state index in [9.17, 15) is 9.90 Å². The molecule has 1 amide bonds. The number of aliphatic hydroxyl groups is 1. The third kappa shape index (κ3) is 1.58. The Morgan fingerprint density at radius 1 is 1.67 bits per heavy atom. The lowest BCUT2D eigenvalue weighted by Crippen LogP contribution is -2.61. The Labute approximate surface area is 86.3 Å². The molecule has 15 heavy (non-hydrogen) atoms. The van der Waals surface area contributed by atoms with Crippen LogP contribution in [-0.2, 0) is 0 Å². The van der Waals surface area contributed by atoms with Gasteiger partial charge in [-0.2, -0.15) is 5.21 Å². The van der Waals surface area contributed by atoms with E-state index >= 15 is 0 Å². The smallest absolute Gasteiger partial charge is 0.293 e. The van der Waals surface area contributed by atoms with Crippen LogP contribution >= 0.6 is 0 Å². The van der Waals surface area contributed by atoms with Gasteiger partial charge in [-0.05, 0) is 11.6 Å². The van der Waals surface area contributed by atoms with Crippen LogP contribution in [0, 0.1) is 5.41 Å². The fourth-order valence-corrected chi connectivity index (χ4v) is 1.63. The summed E-state index contributed by atoms with van der Waals surface area (Å²) < 4.78 is 0. The number of carbonyl (C=O) groups is 1. The molecule has 1 aromatic rings. The number of amides is 1. The van der Waals surface area contributed by atoms with Crippen molar-refractivity contribution in [3.63, 3.8) is 0 Å². The van der Waals surface area contributed by atoms with Crippen molar-refractivity contribution in [1.82, 2.24) is 25.9 Å². The molecule has 1 fully saturated rings. The van der Waals surface area contributed by atoms with Gasteiger partial charge in [0.15, 0.2) is 0 Å². The summed E-state index contributed by atoms with van der Waals surface area (Å²) in [6.45, 7) is 3.81. The number of rotatable bonds is 2. The van der Waals surface area contributed by atoms with Crippen molar-refractivity contribution >= 4 is 5.91 Å². The SMILES string of the molecule is CC1(C)C(O)CC1NC(=O)c1nn[nH]n1. The summed E-state index contributed by atoms with van der Waals surface area (Å²) in [4.78, 5) is 11.5. The first-order valence-corrected chi connectivity index (χ1v) is 4.74. The number of aromatic nitrogens is 4. The van der Waals surface area contributed by atoms with Crippen molar-refractivity contribution in [2.75, 3.05) is 0 Å². The predicted octanol–water partition coefficient (Wildman–Crippen LogP) is -0.911. The maximum atomic E-state index is 11.5. The highest BCUT2D eigenvalue weighted by molar-refractivity contribution is 5.90. The summed E-state index contributed by atoms with van der Waals surface area (Å²) >= 11 is 0. The molecule has 0 radical (unpaired) electrons. The number of hydrogen-bond acceptors (Lipinski definition) is 5. The molecule has 3 N–H and O–H groups in total. The third-order valence-electron chi connectivity index (χ3n) is 3.07. The van der Waals surface area contributed by atoms with E-state index in [0.29, 0.717) is 6.42 Å². The molecule has 1 aliphatic carbocycles. The average Bonchev–Trinajstić information content (AvgIpc) is 2.70. The number of aliphatic hydroxyl groups excluding tert-OH is 1. The molecule has 2 unspecified atom stereocenters. The highest BCUT2D eigenvalue weighted by Crippen LogP contribution is 2.40. The van der Waals surface area contributed by atoms with Crippen LogP contribution in [0.4, 0.5) is 0 Å². The number of aromatic amines is 1. The Hall–Kier alpha value is -1.50. The summed E-state index contributed by atoms with van der Waals surface area (Å²) in [6, 6.07) is -0.0431. The molecule has 1 saturated carbocycles. The van der Waals surface area contributed by atoms with Gasteiger partial charge in [0.2, 0.25) is 0 Å². The van der Waals surface area contributed by atoms with Crippen LogP contribution in [0.1, 0.15) is 30.9 Å². The molecule has 1 heterocycles. The lowest BCUT2D eigenvalue weighted by atomic mass is 9.64. The van der Waals surface area contributed by atoms with Gasteiger partial charge in [0.05, 0.1) is 6.10 Å². The number of hydrogen-bond donors (Lipinski definition) is 3. The molecule has 0 aliphatic heterocycles. The molecule has 0 bridgehead atoms. The van der Waals surface area contributed by atoms with Gasteiger partial charge in [-0.25, -0.2) is 0 Å². The lowest BCUT2D eigenvalue weighted by Gasteiger charge is -2.49. The van der Waals surface area contributed by atoms with E-state index in [0.717, 1.165) is 0 Å². The Balaban J connectivity index is 1.97. The number of carbonyl (C=O) groups excluding carboxylic acids is 1. The molecule has 7 heteroatoms. The van der Waals surface area contributed by atoms with Crippen LogP contribution in [0.5, 0.6) is 0 Å². The number of H-pyrrole nitrogens is 1. The highest BCUT2D eigenvalue weighted by Gasteiger charge is 2.48. The Morgan fingerprint density at radius 3 is 2.87 bits per heavy atom. The molecule has 0 saturated heterocycles. The molecule has 0 spiro atoms. The van der Waals surface area contributed by atoms with Crippen molar-refractivity contribution in [2.24, 2.45) is 5.41 Å². The Kier molecular flexibility index (Phi) is 2.18. The van der Waals surface area contributed by atoms with E-state index in [1.807, 2.05) is 13.8 Å². The van der Waals surface area contributed by atoms with Crippen LogP contribution in [0.25, 0.3) is 0 Å². The number of nitrogens with zero attached hydrogens (tertiary/aromatic N) is 3. The van der Waals surface area contributed by atoms with Crippen molar-refractivity contribution in [3.05, 3.63) is 5.82 Å². The summed E-state index contributed by atoms with van der Waals surface area (Å²) in [6.07, 6.45) is 0.199. The van der Waals surface area contributed by atoms with Gasteiger partial charge in [0.25, 0.3) is 11.7 Å². The molecular weight excluding hydrogens is 198 g/mol. The van der Waals surface area contributed by atoms with Gasteiger partial charge in [-0.3, -0.25) is 4.79 Å². The fourth-order valence-electron chi connectivity index (χ4n) is 1.63. The van der Waals surface area contributed by atoms with E-state index in [-0.39, 0.29) is 29.3 Å². The minimum absolute atomic E-state index is 0.0205. The monoisotopic (exact) mass is 211 g/mol. The van der Waals surface area contributed by atoms with Crippen LogP contribution in [0.2, 0.25) is 0 Å². The molecule has 2 rings (SSSR count). The van der Waals surface area contributed by atoms with E-state index in [1.165, 1.54) is 0 Å². The molecule has 2 atom stereocenters. The Morgan fingerprint density at radius 2 is 2.40 bits per heavy atom. The second-order valence-corrected chi connectivity index (χ2v) is 4.33. The predicted molar refractivity (Wildman–Crippen MR) is 49.8 cm³/mol. The second-order valence-electron chi connectivity index (χ2n) is 4.33. The maximum Gasteiger partial charge on any atom is 0.293 e. The molecule has 7 nitrogen and oxygen atoms in total. The summed E-state index contributed by atoms with van der Waals surface area (Å²) in [5.41, 5.74) is -0.292. The quantitative estimate of drug-likeness (QED) is 0.587. The molecule has 82 valence electrons. The van der Waals surface area contributed by atoms with Crippen molar-refractivity contribution in [1.29, 1.82) is 0 Å². The van der Waals surface area contributed by atoms with Gasteiger partial charge in [-0.1, -0.05) is 13.8 Å². The molecule has 0 aromatic carbocycles. The van der Waals surface area contributed by atoms with Crippen LogP contribution in [0.3, 0.4) is 0 Å². The first-order valence-electron chi connectivity index (χ1n) is 4.74. The van der Waals surface area contributed by atoms with Crippen LogP contribution < -0.4 is 5.32 Å². The zero-order valence-electron chi connectivity index (χ0n) is 8.56. The van der Waals surface area contributed by atoms with Crippen molar-refractivity contribution in [3.8, 4) is 0 Å².